The minimum atomic E-state index is -1.54. The largest absolute Gasteiger partial charge is 0.369 e. The van der Waals surface area contributed by atoms with Crippen molar-refractivity contribution in [3.05, 3.63) is 39.4 Å². The van der Waals surface area contributed by atoms with E-state index < -0.39 is 21.8 Å². The van der Waals surface area contributed by atoms with Gasteiger partial charge in [0, 0.05) is 31.5 Å². The second kappa shape index (κ2) is 8.52. The van der Waals surface area contributed by atoms with Gasteiger partial charge in [-0.3, -0.25) is 14.9 Å². The zero-order valence-corrected chi connectivity index (χ0v) is 15.8. The average molecular weight is 367 g/mol. The highest BCUT2D eigenvalue weighted by molar-refractivity contribution is 6.16. The van der Waals surface area contributed by atoms with Crippen LogP contribution in [0.4, 0.5) is 5.69 Å². The van der Waals surface area contributed by atoms with E-state index in [0.717, 1.165) is 0 Å². The smallest absolute Gasteiger partial charge is 0.275 e. The number of carbonyl (C=O) groups is 1. The molecule has 1 rings (SSSR count). The highest BCUT2D eigenvalue weighted by atomic mass is 28.1. The number of nitro benzene ring substituents is 1. The molecule has 0 aliphatic carbocycles. The van der Waals surface area contributed by atoms with E-state index in [4.69, 9.17) is 19.9 Å². The molecule has 0 aliphatic heterocycles. The maximum Gasteiger partial charge on any atom is 0.275 e. The number of nitrogens with zero attached hydrogens (tertiary/aromatic N) is 1. The van der Waals surface area contributed by atoms with Gasteiger partial charge in [0.1, 0.15) is 5.22 Å². The van der Waals surface area contributed by atoms with Crippen LogP contribution in [0.5, 0.6) is 0 Å². The number of primary amides is 1. The van der Waals surface area contributed by atoms with Crippen molar-refractivity contribution < 1.29 is 23.9 Å². The zero-order valence-electron chi connectivity index (χ0n) is 14.8. The van der Waals surface area contributed by atoms with E-state index in [2.05, 4.69) is 10.2 Å². The number of hydrogen-bond acceptors (Lipinski definition) is 6. The van der Waals surface area contributed by atoms with Crippen LogP contribution < -0.4 is 5.73 Å². The van der Waals surface area contributed by atoms with Crippen LogP contribution in [-0.4, -0.2) is 46.7 Å². The molecule has 1 unspecified atom stereocenters. The van der Waals surface area contributed by atoms with Crippen LogP contribution in [0.1, 0.15) is 43.6 Å². The normalized spacial score (nSPS) is 14.1. The lowest BCUT2D eigenvalue weighted by molar-refractivity contribution is -0.388. The summed E-state index contributed by atoms with van der Waals surface area (Å²) in [5.74, 6) is -2.11. The third kappa shape index (κ3) is 4.24. The van der Waals surface area contributed by atoms with Gasteiger partial charge in [-0.2, -0.15) is 0 Å². The van der Waals surface area contributed by atoms with Crippen LogP contribution in [0.15, 0.2) is 18.2 Å². The Balaban J connectivity index is 3.73. The van der Waals surface area contributed by atoms with Gasteiger partial charge in [0.05, 0.1) is 20.7 Å². The number of amides is 1. The molecular weight excluding hydrogens is 344 g/mol. The summed E-state index contributed by atoms with van der Waals surface area (Å²) < 4.78 is 17.3. The van der Waals surface area contributed by atoms with E-state index in [-0.39, 0.29) is 36.6 Å². The van der Waals surface area contributed by atoms with Crippen LogP contribution in [0.2, 0.25) is 0 Å². The van der Waals surface area contributed by atoms with Crippen LogP contribution in [0.25, 0.3) is 0 Å². The predicted octanol–water partition coefficient (Wildman–Crippen LogP) is 1.84. The van der Waals surface area contributed by atoms with Crippen molar-refractivity contribution in [2.24, 2.45) is 5.73 Å². The average Bonchev–Trinajstić information content (AvgIpc) is 2.54. The van der Waals surface area contributed by atoms with Gasteiger partial charge in [-0.15, -0.1) is 0 Å². The molecule has 8 nitrogen and oxygen atoms in total. The summed E-state index contributed by atoms with van der Waals surface area (Å²) in [6.07, 6.45) is 0. The third-order valence-electron chi connectivity index (χ3n) is 3.70. The van der Waals surface area contributed by atoms with Crippen molar-refractivity contribution in [1.82, 2.24) is 0 Å². The van der Waals surface area contributed by atoms with E-state index in [1.54, 1.807) is 27.7 Å². The number of hydrogen-bond donors (Lipinski definition) is 1. The van der Waals surface area contributed by atoms with Gasteiger partial charge in [-0.25, -0.2) is 0 Å². The lowest BCUT2D eigenvalue weighted by Gasteiger charge is -2.45. The fraction of sp³-hybridized carbons (Fsp3) is 0.562. The molecule has 0 fully saturated rings. The Morgan fingerprint density at radius 1 is 1.20 bits per heavy atom. The van der Waals surface area contributed by atoms with Crippen molar-refractivity contribution in [2.75, 3.05) is 19.8 Å². The number of nitro groups is 1. The number of benzene rings is 1. The summed E-state index contributed by atoms with van der Waals surface area (Å²) in [5.41, 5.74) is 5.26. The topological polar surface area (TPSA) is 114 Å². The molecule has 0 saturated carbocycles. The van der Waals surface area contributed by atoms with Gasteiger partial charge in [0.15, 0.2) is 5.79 Å². The van der Waals surface area contributed by atoms with Gasteiger partial charge in [-0.05, 0) is 39.8 Å². The lowest BCUT2D eigenvalue weighted by atomic mass is 9.96. The van der Waals surface area contributed by atoms with Crippen molar-refractivity contribution >= 4 is 21.8 Å². The molecule has 0 spiro atoms. The molecule has 0 heterocycles. The number of ether oxygens (including phenoxy) is 3. The first kappa shape index (κ1) is 21.2. The Hall–Kier alpha value is -1.81. The van der Waals surface area contributed by atoms with Crippen LogP contribution >= 0.6 is 0 Å². The number of nitrogens with two attached hydrogens (primary N) is 1. The van der Waals surface area contributed by atoms with Crippen molar-refractivity contribution in [1.29, 1.82) is 0 Å². The van der Waals surface area contributed by atoms with Gasteiger partial charge >= 0.3 is 0 Å². The predicted molar refractivity (Wildman–Crippen MR) is 92.3 cm³/mol. The SMILES string of the molecule is CCOC(C)(OCC)C([Si])(OCC)c1cc(C(N)=O)ccc1[N+](=O)[O-]. The molecule has 0 aliphatic rings. The van der Waals surface area contributed by atoms with E-state index in [1.165, 1.54) is 18.2 Å². The molecular formula is C16H23N2O6Si. The Kier molecular flexibility index (Phi) is 7.24. The molecule has 2 N–H and O–H groups in total. The molecule has 137 valence electrons. The maximum absolute atomic E-state index is 11.6. The molecule has 25 heavy (non-hydrogen) atoms. The van der Waals surface area contributed by atoms with Crippen LogP contribution in [-0.2, 0) is 19.4 Å². The maximum atomic E-state index is 11.6. The standard InChI is InChI=1S/C16H23N2O6Si/c1-5-22-15(4,23-6-2)16(25,24-7-3)12-10-11(14(17)19)8-9-13(12)18(20)21/h8-10H,5-7H2,1-4H3,(H2,17,19). The molecule has 1 amide bonds. The van der Waals surface area contributed by atoms with Crippen molar-refractivity contribution in [3.63, 3.8) is 0 Å². The monoisotopic (exact) mass is 367 g/mol. The van der Waals surface area contributed by atoms with Gasteiger partial charge < -0.3 is 19.9 Å². The Labute approximate surface area is 150 Å². The molecule has 1 atom stereocenters. The first-order valence-electron chi connectivity index (χ1n) is 7.92. The summed E-state index contributed by atoms with van der Waals surface area (Å²) >= 11 is 0. The van der Waals surface area contributed by atoms with Crippen LogP contribution in [0, 0.1) is 10.1 Å². The summed E-state index contributed by atoms with van der Waals surface area (Å²) in [4.78, 5) is 22.5. The zero-order chi connectivity index (χ0) is 19.3. The van der Waals surface area contributed by atoms with Gasteiger partial charge in [0.2, 0.25) is 5.91 Å². The molecule has 1 aromatic carbocycles. The number of carbonyl (C=O) groups excluding carboxylic acids is 1. The highest BCUT2D eigenvalue weighted by Gasteiger charge is 2.52. The van der Waals surface area contributed by atoms with E-state index in [0.29, 0.717) is 0 Å². The first-order valence-corrected chi connectivity index (χ1v) is 8.42. The Morgan fingerprint density at radius 3 is 2.12 bits per heavy atom. The lowest BCUT2D eigenvalue weighted by Crippen LogP contribution is -2.56. The molecule has 0 aromatic heterocycles. The fourth-order valence-corrected chi connectivity index (χ4v) is 3.09. The molecule has 1 aromatic rings. The Morgan fingerprint density at radius 2 is 1.72 bits per heavy atom. The molecule has 9 heteroatoms. The molecule has 3 radical (unpaired) electrons. The Bertz CT molecular complexity index is 633. The van der Waals surface area contributed by atoms with E-state index >= 15 is 0 Å². The summed E-state index contributed by atoms with van der Waals surface area (Å²) in [5, 5.41) is 9.99. The van der Waals surface area contributed by atoms with Crippen LogP contribution in [0.3, 0.4) is 0 Å². The van der Waals surface area contributed by atoms with Gasteiger partial charge in [-0.1, -0.05) is 0 Å². The quantitative estimate of drug-likeness (QED) is 0.292. The summed E-state index contributed by atoms with van der Waals surface area (Å²) in [7, 11) is 3.52. The van der Waals surface area contributed by atoms with Crippen molar-refractivity contribution in [3.8, 4) is 0 Å². The van der Waals surface area contributed by atoms with Crippen molar-refractivity contribution in [2.45, 2.75) is 38.7 Å². The van der Waals surface area contributed by atoms with E-state index in [9.17, 15) is 14.9 Å². The van der Waals surface area contributed by atoms with Gasteiger partial charge in [0.25, 0.3) is 5.69 Å². The minimum absolute atomic E-state index is 0.0803. The van der Waals surface area contributed by atoms with E-state index in [1.807, 2.05) is 0 Å². The molecule has 0 saturated heterocycles. The first-order chi connectivity index (χ1) is 11.7. The number of rotatable bonds is 10. The highest BCUT2D eigenvalue weighted by Crippen LogP contribution is 2.42. The minimum Gasteiger partial charge on any atom is -0.369 e. The third-order valence-corrected chi connectivity index (χ3v) is 4.56. The fourth-order valence-electron chi connectivity index (χ4n) is 2.60. The summed E-state index contributed by atoms with van der Waals surface area (Å²) in [6.45, 7) is 7.64. The molecule has 0 bridgehead atoms. The second-order valence-electron chi connectivity index (χ2n) is 5.28. The second-order valence-corrected chi connectivity index (χ2v) is 5.98. The summed E-state index contributed by atoms with van der Waals surface area (Å²) in [6, 6.07) is 3.82.